The van der Waals surface area contributed by atoms with Crippen molar-refractivity contribution in [1.82, 2.24) is 9.55 Å². The van der Waals surface area contributed by atoms with Crippen LogP contribution in [-0.4, -0.2) is 36.9 Å². The topological polar surface area (TPSA) is 233 Å². The van der Waals surface area contributed by atoms with Crippen LogP contribution >= 0.6 is 23.5 Å². The lowest BCUT2D eigenvalue weighted by Gasteiger charge is -2.25. The molecule has 2 rings (SSSR count). The summed E-state index contributed by atoms with van der Waals surface area (Å²) >= 11 is 0. The molecule has 1 saturated heterocycles. The molecule has 15 nitrogen and oxygen atoms in total. The zero-order valence-electron chi connectivity index (χ0n) is 13.3. The normalized spacial score (nSPS) is 25.0. The van der Waals surface area contributed by atoms with E-state index in [9.17, 15) is 23.4 Å². The summed E-state index contributed by atoms with van der Waals surface area (Å²) in [6, 6.07) is 1.37. The number of aromatic nitrogens is 2. The molecule has 2 unspecified atom stereocenters. The molecule has 1 aliphatic rings. The van der Waals surface area contributed by atoms with E-state index in [1.54, 1.807) is 0 Å². The van der Waals surface area contributed by atoms with Gasteiger partial charge < -0.3 is 34.6 Å². The maximum Gasteiger partial charge on any atom is 0.487 e. The van der Waals surface area contributed by atoms with E-state index in [2.05, 4.69) is 18.1 Å². The molecule has 0 bridgehead atoms. The van der Waals surface area contributed by atoms with E-state index < -0.39 is 48.1 Å². The third-order valence-electron chi connectivity index (χ3n) is 3.08. The van der Waals surface area contributed by atoms with E-state index in [0.29, 0.717) is 6.42 Å². The molecule has 0 aromatic carbocycles. The van der Waals surface area contributed by atoms with Crippen molar-refractivity contribution in [3.05, 3.63) is 22.7 Å². The highest BCUT2D eigenvalue weighted by molar-refractivity contribution is 7.66. The molecule has 1 aromatic rings. The zero-order chi connectivity index (χ0) is 20.5. The summed E-state index contributed by atoms with van der Waals surface area (Å²) in [5.41, 5.74) is 4.70. The van der Waals surface area contributed by atoms with Crippen molar-refractivity contribution < 1.29 is 51.2 Å². The lowest BCUT2D eigenvalue weighted by Crippen LogP contribution is -2.28. The fourth-order valence-corrected chi connectivity index (χ4v) is 5.14. The van der Waals surface area contributed by atoms with Crippen LogP contribution < -0.4 is 16.3 Å². The number of hydrogen-bond donors (Lipinski definition) is 4. The number of nitrogens with two attached hydrogens (primary N) is 1. The van der Waals surface area contributed by atoms with Crippen molar-refractivity contribution in [2.45, 2.75) is 25.2 Å². The van der Waals surface area contributed by atoms with Gasteiger partial charge in [0.2, 0.25) is 0 Å². The summed E-state index contributed by atoms with van der Waals surface area (Å²) in [5, 5.41) is 0. The van der Waals surface area contributed by atoms with Crippen LogP contribution in [0.2, 0.25) is 0 Å². The molecule has 154 valence electrons. The molecule has 0 spiro atoms. The first-order valence-electron chi connectivity index (χ1n) is 7.03. The Balaban J connectivity index is 1.91. The van der Waals surface area contributed by atoms with Crippen LogP contribution in [0.5, 0.6) is 0 Å². The van der Waals surface area contributed by atoms with E-state index in [0.717, 1.165) is 4.57 Å². The van der Waals surface area contributed by atoms with Crippen LogP contribution in [0.3, 0.4) is 0 Å². The molecule has 1 aromatic heterocycles. The van der Waals surface area contributed by atoms with Gasteiger partial charge in [-0.15, -0.1) is 0 Å². The lowest BCUT2D eigenvalue weighted by atomic mass is 10.2. The molecular formula is C9H15N3O12P3-. The maximum absolute atomic E-state index is 11.7. The molecule has 2 heterocycles. The van der Waals surface area contributed by atoms with E-state index in [-0.39, 0.29) is 12.2 Å². The highest BCUT2D eigenvalue weighted by Gasteiger charge is 2.37. The smallest absolute Gasteiger partial charge is 0.487 e. The average molecular weight is 450 g/mol. The van der Waals surface area contributed by atoms with Crippen LogP contribution in [0, 0.1) is 0 Å². The quantitative estimate of drug-likeness (QED) is 0.356. The maximum atomic E-state index is 11.7. The Hall–Kier alpha value is -0.950. The third kappa shape index (κ3) is 7.18. The van der Waals surface area contributed by atoms with Crippen molar-refractivity contribution in [2.75, 3.05) is 12.3 Å². The van der Waals surface area contributed by atoms with Crippen molar-refractivity contribution in [3.63, 3.8) is 0 Å². The minimum absolute atomic E-state index is 0.0181. The first-order chi connectivity index (χ1) is 12.3. The van der Waals surface area contributed by atoms with E-state index >= 15 is 0 Å². The van der Waals surface area contributed by atoms with E-state index in [1.807, 2.05) is 0 Å². The monoisotopic (exact) mass is 450 g/mol. The Kier molecular flexibility index (Phi) is 6.78. The molecule has 1 aliphatic heterocycles. The number of hydrogen-bond acceptors (Lipinski definition) is 11. The van der Waals surface area contributed by atoms with Gasteiger partial charge in [0.1, 0.15) is 12.0 Å². The van der Waals surface area contributed by atoms with E-state index in [4.69, 9.17) is 25.2 Å². The molecule has 5 N–H and O–H groups in total. The largest absolute Gasteiger partial charge is 0.756 e. The summed E-state index contributed by atoms with van der Waals surface area (Å²) < 4.78 is 51.1. The van der Waals surface area contributed by atoms with Gasteiger partial charge in [-0.25, -0.2) is 18.2 Å². The highest BCUT2D eigenvalue weighted by Crippen LogP contribution is 2.65. The fourth-order valence-electron chi connectivity index (χ4n) is 2.13. The van der Waals surface area contributed by atoms with Crippen molar-refractivity contribution in [3.8, 4) is 0 Å². The van der Waals surface area contributed by atoms with Gasteiger partial charge in [0, 0.05) is 6.20 Å². The SMILES string of the molecule is Nc1ccn([C@H]2CC[C@@H](COP(=O)([O-])OP(=O)(O)OP(=O)(O)O)O2)c(=O)n1. The molecule has 27 heavy (non-hydrogen) atoms. The summed E-state index contributed by atoms with van der Waals surface area (Å²) in [4.78, 5) is 52.6. The Bertz CT molecular complexity index is 882. The van der Waals surface area contributed by atoms with Gasteiger partial charge in [0.15, 0.2) is 0 Å². The Morgan fingerprint density at radius 1 is 1.30 bits per heavy atom. The van der Waals surface area contributed by atoms with Crippen LogP contribution in [-0.2, 0) is 31.6 Å². The van der Waals surface area contributed by atoms with Crippen LogP contribution in [0.15, 0.2) is 17.1 Å². The number of ether oxygens (including phenoxy) is 1. The van der Waals surface area contributed by atoms with Crippen LogP contribution in [0.25, 0.3) is 0 Å². The number of nitrogen functional groups attached to an aromatic ring is 1. The predicted molar refractivity (Wildman–Crippen MR) is 83.7 cm³/mol. The summed E-state index contributed by atoms with van der Waals surface area (Å²) in [6.07, 6.45) is 0.335. The number of phosphoric ester groups is 1. The number of rotatable bonds is 8. The van der Waals surface area contributed by atoms with Gasteiger partial charge in [0.05, 0.1) is 12.7 Å². The van der Waals surface area contributed by atoms with Gasteiger partial charge in [-0.1, -0.05) is 0 Å². The van der Waals surface area contributed by atoms with Crippen LogP contribution in [0.4, 0.5) is 5.82 Å². The second-order valence-electron chi connectivity index (χ2n) is 5.20. The highest BCUT2D eigenvalue weighted by atomic mass is 31.3. The van der Waals surface area contributed by atoms with Gasteiger partial charge in [-0.05, 0) is 18.9 Å². The second kappa shape index (κ2) is 8.19. The Labute approximate surface area is 151 Å². The van der Waals surface area contributed by atoms with Gasteiger partial charge in [-0.3, -0.25) is 9.13 Å². The third-order valence-corrected chi connectivity index (χ3v) is 6.85. The zero-order valence-corrected chi connectivity index (χ0v) is 15.9. The number of phosphoric acid groups is 3. The molecule has 1 fully saturated rings. The molecule has 18 heteroatoms. The molecule has 0 radical (unpaired) electrons. The molecule has 4 atom stereocenters. The first kappa shape index (κ1) is 22.3. The van der Waals surface area contributed by atoms with Crippen molar-refractivity contribution in [2.24, 2.45) is 0 Å². The predicted octanol–water partition coefficient (Wildman–Crippen LogP) is -0.786. The van der Waals surface area contributed by atoms with Crippen molar-refractivity contribution >= 4 is 29.3 Å². The number of anilines is 1. The lowest BCUT2D eigenvalue weighted by molar-refractivity contribution is -0.220. The summed E-state index contributed by atoms with van der Waals surface area (Å²) in [5.74, 6) is 0.0181. The number of nitrogens with zero attached hydrogens (tertiary/aromatic N) is 2. The van der Waals surface area contributed by atoms with Gasteiger partial charge >= 0.3 is 21.3 Å². The van der Waals surface area contributed by atoms with Crippen LogP contribution in [0.1, 0.15) is 19.1 Å². The summed E-state index contributed by atoms with van der Waals surface area (Å²) in [7, 11) is -16.6. The fraction of sp³-hybridized carbons (Fsp3) is 0.556. The molecule has 0 saturated carbocycles. The second-order valence-corrected chi connectivity index (χ2v) is 9.58. The average Bonchev–Trinajstić information content (AvgIpc) is 2.90. The van der Waals surface area contributed by atoms with Gasteiger partial charge in [-0.2, -0.15) is 9.29 Å². The Morgan fingerprint density at radius 2 is 1.96 bits per heavy atom. The minimum atomic E-state index is -5.64. The summed E-state index contributed by atoms with van der Waals surface area (Å²) in [6.45, 7) is -0.648. The molecule has 0 amide bonds. The molecular weight excluding hydrogens is 435 g/mol. The first-order valence-corrected chi connectivity index (χ1v) is 11.5. The minimum Gasteiger partial charge on any atom is -0.756 e. The van der Waals surface area contributed by atoms with Gasteiger partial charge in [0.25, 0.3) is 7.82 Å². The van der Waals surface area contributed by atoms with Crippen molar-refractivity contribution in [1.29, 1.82) is 0 Å². The standard InChI is InChI=1S/C9H16N3O12P3/c10-7-3-4-12(9(13)11-7)8-2-1-6(22-8)5-21-26(17,18)24-27(19,20)23-25(14,15)16/h3-4,6,8H,1-2,5H2,(H,17,18)(H,19,20)(H2,10,11,13)(H2,14,15,16)/p-1/t6-,8+/m0/s1. The molecule has 0 aliphatic carbocycles. The van der Waals surface area contributed by atoms with E-state index in [1.165, 1.54) is 12.3 Å². The Morgan fingerprint density at radius 3 is 2.56 bits per heavy atom.